The predicted octanol–water partition coefficient (Wildman–Crippen LogP) is 1.77. The standard InChI is InChI=1S/C10H13NO2/c1-4-9-7(2)5-8(6-12)10(11-9)13-3/h5-6H,4H2,1-3H3. The van der Waals surface area contributed by atoms with E-state index in [1.54, 1.807) is 6.07 Å². The smallest absolute Gasteiger partial charge is 0.224 e. The van der Waals surface area contributed by atoms with Crippen LogP contribution in [0.5, 0.6) is 5.88 Å². The summed E-state index contributed by atoms with van der Waals surface area (Å²) in [6, 6.07) is 1.80. The van der Waals surface area contributed by atoms with Gasteiger partial charge in [-0.25, -0.2) is 4.98 Å². The van der Waals surface area contributed by atoms with Gasteiger partial charge in [-0.05, 0) is 25.0 Å². The summed E-state index contributed by atoms with van der Waals surface area (Å²) in [7, 11) is 1.52. The zero-order chi connectivity index (χ0) is 9.84. The van der Waals surface area contributed by atoms with Crippen molar-refractivity contribution in [1.29, 1.82) is 0 Å². The molecule has 70 valence electrons. The molecule has 1 heterocycles. The molecule has 0 bridgehead atoms. The van der Waals surface area contributed by atoms with Gasteiger partial charge >= 0.3 is 0 Å². The van der Waals surface area contributed by atoms with E-state index in [9.17, 15) is 4.79 Å². The van der Waals surface area contributed by atoms with E-state index < -0.39 is 0 Å². The maximum atomic E-state index is 10.6. The Balaban J connectivity index is 3.26. The number of carbonyl (C=O) groups is 1. The summed E-state index contributed by atoms with van der Waals surface area (Å²) >= 11 is 0. The number of hydrogen-bond acceptors (Lipinski definition) is 3. The highest BCUT2D eigenvalue weighted by Gasteiger charge is 2.07. The van der Waals surface area contributed by atoms with Gasteiger partial charge in [0.2, 0.25) is 5.88 Å². The van der Waals surface area contributed by atoms with Crippen LogP contribution in [-0.4, -0.2) is 18.4 Å². The lowest BCUT2D eigenvalue weighted by Gasteiger charge is -2.07. The first-order valence-corrected chi connectivity index (χ1v) is 4.22. The van der Waals surface area contributed by atoms with Gasteiger partial charge in [0, 0.05) is 5.69 Å². The molecule has 0 fully saturated rings. The molecule has 0 radical (unpaired) electrons. The summed E-state index contributed by atoms with van der Waals surface area (Å²) in [5.41, 5.74) is 2.52. The van der Waals surface area contributed by atoms with Crippen molar-refractivity contribution >= 4 is 6.29 Å². The number of aromatic nitrogens is 1. The molecule has 0 spiro atoms. The number of rotatable bonds is 3. The van der Waals surface area contributed by atoms with Crippen LogP contribution in [0.3, 0.4) is 0 Å². The first-order chi connectivity index (χ1) is 6.22. The van der Waals surface area contributed by atoms with Gasteiger partial charge in [0.15, 0.2) is 6.29 Å². The number of hydrogen-bond donors (Lipinski definition) is 0. The number of methoxy groups -OCH3 is 1. The third-order valence-electron chi connectivity index (χ3n) is 1.97. The fourth-order valence-corrected chi connectivity index (χ4v) is 1.26. The molecule has 1 aromatic heterocycles. The Morgan fingerprint density at radius 3 is 2.77 bits per heavy atom. The van der Waals surface area contributed by atoms with Crippen molar-refractivity contribution < 1.29 is 9.53 Å². The molecule has 0 saturated carbocycles. The quantitative estimate of drug-likeness (QED) is 0.664. The zero-order valence-corrected chi connectivity index (χ0v) is 8.13. The average molecular weight is 179 g/mol. The molecule has 0 N–H and O–H groups in total. The molecule has 1 rings (SSSR count). The van der Waals surface area contributed by atoms with E-state index in [2.05, 4.69) is 4.98 Å². The Morgan fingerprint density at radius 1 is 1.62 bits per heavy atom. The van der Waals surface area contributed by atoms with E-state index in [4.69, 9.17) is 4.74 Å². The molecule has 0 aliphatic rings. The van der Waals surface area contributed by atoms with Gasteiger partial charge in [-0.1, -0.05) is 6.92 Å². The lowest BCUT2D eigenvalue weighted by atomic mass is 10.1. The van der Waals surface area contributed by atoms with Gasteiger partial charge in [-0.2, -0.15) is 0 Å². The van der Waals surface area contributed by atoms with Gasteiger partial charge in [-0.3, -0.25) is 4.79 Å². The van der Waals surface area contributed by atoms with E-state index in [1.165, 1.54) is 7.11 Å². The van der Waals surface area contributed by atoms with Crippen molar-refractivity contribution in [2.45, 2.75) is 20.3 Å². The molecule has 1 aromatic rings. The van der Waals surface area contributed by atoms with Crippen LogP contribution in [0.15, 0.2) is 6.07 Å². The lowest BCUT2D eigenvalue weighted by molar-refractivity contribution is 0.111. The van der Waals surface area contributed by atoms with Crippen molar-refractivity contribution in [2.24, 2.45) is 0 Å². The summed E-state index contributed by atoms with van der Waals surface area (Å²) < 4.78 is 4.99. The van der Waals surface area contributed by atoms with Gasteiger partial charge < -0.3 is 4.74 Å². The highest BCUT2D eigenvalue weighted by Crippen LogP contribution is 2.17. The molecule has 3 heteroatoms. The normalized spacial score (nSPS) is 9.77. The second kappa shape index (κ2) is 4.03. The molecular formula is C10H13NO2. The maximum absolute atomic E-state index is 10.6. The molecule has 0 aromatic carbocycles. The van der Waals surface area contributed by atoms with Crippen LogP contribution in [0.1, 0.15) is 28.5 Å². The minimum absolute atomic E-state index is 0.414. The van der Waals surface area contributed by atoms with Crippen molar-refractivity contribution in [1.82, 2.24) is 4.98 Å². The van der Waals surface area contributed by atoms with Crippen LogP contribution in [0, 0.1) is 6.92 Å². The van der Waals surface area contributed by atoms with Crippen LogP contribution in [0.25, 0.3) is 0 Å². The van der Waals surface area contributed by atoms with Crippen LogP contribution in [0.2, 0.25) is 0 Å². The van der Waals surface area contributed by atoms with Crippen molar-refractivity contribution in [3.05, 3.63) is 22.9 Å². The van der Waals surface area contributed by atoms with E-state index >= 15 is 0 Å². The number of aldehydes is 1. The molecule has 0 aliphatic carbocycles. The number of nitrogens with zero attached hydrogens (tertiary/aromatic N) is 1. The third kappa shape index (κ3) is 1.86. The van der Waals surface area contributed by atoms with Crippen molar-refractivity contribution in [3.8, 4) is 5.88 Å². The van der Waals surface area contributed by atoms with E-state index in [1.807, 2.05) is 13.8 Å². The van der Waals surface area contributed by atoms with Crippen molar-refractivity contribution in [3.63, 3.8) is 0 Å². The number of ether oxygens (including phenoxy) is 1. The average Bonchev–Trinajstić information content (AvgIpc) is 2.17. The first-order valence-electron chi connectivity index (χ1n) is 4.22. The fraction of sp³-hybridized carbons (Fsp3) is 0.400. The molecule has 0 unspecified atom stereocenters. The molecule has 0 saturated heterocycles. The van der Waals surface area contributed by atoms with E-state index in [0.29, 0.717) is 11.4 Å². The van der Waals surface area contributed by atoms with Gasteiger partial charge in [-0.15, -0.1) is 0 Å². The number of carbonyl (C=O) groups excluding carboxylic acids is 1. The Kier molecular flexibility index (Phi) is 3.01. The molecule has 3 nitrogen and oxygen atoms in total. The van der Waals surface area contributed by atoms with Gasteiger partial charge in [0.05, 0.1) is 12.7 Å². The molecular weight excluding hydrogens is 166 g/mol. The Bertz CT molecular complexity index is 321. The number of aryl methyl sites for hydroxylation is 2. The second-order valence-electron chi connectivity index (χ2n) is 2.82. The molecule has 0 amide bonds. The summed E-state index contributed by atoms with van der Waals surface area (Å²) in [6.07, 6.45) is 1.61. The topological polar surface area (TPSA) is 39.2 Å². The van der Waals surface area contributed by atoms with Gasteiger partial charge in [0.25, 0.3) is 0 Å². The highest BCUT2D eigenvalue weighted by molar-refractivity contribution is 5.78. The van der Waals surface area contributed by atoms with Crippen LogP contribution >= 0.6 is 0 Å². The first kappa shape index (κ1) is 9.71. The highest BCUT2D eigenvalue weighted by atomic mass is 16.5. The molecule has 0 atom stereocenters. The fourth-order valence-electron chi connectivity index (χ4n) is 1.26. The minimum Gasteiger partial charge on any atom is -0.480 e. The monoisotopic (exact) mass is 179 g/mol. The zero-order valence-electron chi connectivity index (χ0n) is 8.13. The molecule has 13 heavy (non-hydrogen) atoms. The van der Waals surface area contributed by atoms with Crippen LogP contribution in [0.4, 0.5) is 0 Å². The van der Waals surface area contributed by atoms with Gasteiger partial charge in [0.1, 0.15) is 0 Å². The Labute approximate surface area is 77.8 Å². The number of pyridine rings is 1. The Hall–Kier alpha value is -1.38. The van der Waals surface area contributed by atoms with E-state index in [-0.39, 0.29) is 0 Å². The molecule has 0 aliphatic heterocycles. The Morgan fingerprint density at radius 2 is 2.31 bits per heavy atom. The van der Waals surface area contributed by atoms with Crippen LogP contribution < -0.4 is 4.74 Å². The SMILES string of the molecule is CCc1nc(OC)c(C=O)cc1C. The lowest BCUT2D eigenvalue weighted by Crippen LogP contribution is -2.00. The summed E-state index contributed by atoms with van der Waals surface area (Å²) in [6.45, 7) is 3.97. The summed E-state index contributed by atoms with van der Waals surface area (Å²) in [5.74, 6) is 0.414. The predicted molar refractivity (Wildman–Crippen MR) is 50.3 cm³/mol. The van der Waals surface area contributed by atoms with Crippen molar-refractivity contribution in [2.75, 3.05) is 7.11 Å². The maximum Gasteiger partial charge on any atom is 0.224 e. The largest absolute Gasteiger partial charge is 0.480 e. The summed E-state index contributed by atoms with van der Waals surface area (Å²) in [4.78, 5) is 14.8. The summed E-state index contributed by atoms with van der Waals surface area (Å²) in [5, 5.41) is 0. The third-order valence-corrected chi connectivity index (χ3v) is 1.97. The minimum atomic E-state index is 0.414. The van der Waals surface area contributed by atoms with Crippen LogP contribution in [-0.2, 0) is 6.42 Å². The second-order valence-corrected chi connectivity index (χ2v) is 2.82. The van der Waals surface area contributed by atoms with E-state index in [0.717, 1.165) is 24.0 Å².